The average molecular weight is 911 g/mol. The Bertz CT molecular complexity index is 1990. The van der Waals surface area contributed by atoms with Gasteiger partial charge in [-0.2, -0.15) is 4.98 Å². The van der Waals surface area contributed by atoms with Gasteiger partial charge < -0.3 is 30.0 Å². The van der Waals surface area contributed by atoms with Crippen LogP contribution in [0.15, 0.2) is 41.5 Å². The first-order valence-corrected chi connectivity index (χ1v) is 23.7. The summed E-state index contributed by atoms with van der Waals surface area (Å²) in [5.41, 5.74) is 6.00. The third-order valence-corrected chi connectivity index (χ3v) is 11.6. The van der Waals surface area contributed by atoms with Crippen LogP contribution in [-0.2, 0) is 44.7 Å². The van der Waals surface area contributed by atoms with Crippen molar-refractivity contribution in [2.45, 2.75) is 193 Å². The number of H-pyrrole nitrogens is 1. The van der Waals surface area contributed by atoms with Crippen molar-refractivity contribution in [3.05, 3.63) is 52.6 Å². The van der Waals surface area contributed by atoms with E-state index in [1.807, 2.05) is 18.2 Å². The number of imidazole rings is 1. The van der Waals surface area contributed by atoms with Crippen molar-refractivity contribution in [3.63, 3.8) is 0 Å². The number of fused-ring (bicyclic) bond motifs is 1. The van der Waals surface area contributed by atoms with E-state index >= 15 is 4.39 Å². The van der Waals surface area contributed by atoms with Crippen LogP contribution in [0, 0.1) is 5.92 Å². The number of carbonyl (C=O) groups is 5. The molecule has 1 amide bonds. The van der Waals surface area contributed by atoms with E-state index in [0.717, 1.165) is 24.8 Å². The van der Waals surface area contributed by atoms with E-state index in [9.17, 15) is 28.8 Å². The summed E-state index contributed by atoms with van der Waals surface area (Å²) in [5, 5.41) is 2.62. The van der Waals surface area contributed by atoms with Crippen molar-refractivity contribution in [1.29, 1.82) is 0 Å². The molecule has 0 bridgehead atoms. The number of amides is 1. The van der Waals surface area contributed by atoms with E-state index in [-0.39, 0.29) is 61.1 Å². The third kappa shape index (κ3) is 19.1. The van der Waals surface area contributed by atoms with Crippen LogP contribution in [0.3, 0.4) is 0 Å². The van der Waals surface area contributed by atoms with Crippen molar-refractivity contribution in [1.82, 2.24) is 24.8 Å². The molecule has 1 unspecified atom stereocenters. The zero-order valence-electron chi connectivity index (χ0n) is 38.6. The second-order valence-corrected chi connectivity index (χ2v) is 17.5. The number of ketones is 2. The molecule has 17 heteroatoms. The summed E-state index contributed by atoms with van der Waals surface area (Å²) in [6.07, 6.45) is 12.5. The molecule has 16 nitrogen and oxygen atoms in total. The molecule has 0 saturated carbocycles. The van der Waals surface area contributed by atoms with E-state index in [1.165, 1.54) is 81.5 Å². The number of halogens is 1. The number of hydrogen-bond acceptors (Lipinski definition) is 13. The second-order valence-electron chi connectivity index (χ2n) is 17.5. The molecule has 0 radical (unpaired) electrons. The molecule has 1 aromatic carbocycles. The molecule has 0 aliphatic carbocycles. The number of aromatic nitrogens is 4. The Labute approximate surface area is 381 Å². The maximum Gasteiger partial charge on any atom is 0.408 e. The fraction of sp³-hybridized carbons (Fsp3) is 0.667. The van der Waals surface area contributed by atoms with Crippen molar-refractivity contribution in [2.75, 3.05) is 12.3 Å². The van der Waals surface area contributed by atoms with Crippen LogP contribution < -0.4 is 16.6 Å². The van der Waals surface area contributed by atoms with E-state index in [2.05, 4.69) is 27.2 Å². The van der Waals surface area contributed by atoms with Crippen molar-refractivity contribution in [2.24, 2.45) is 5.92 Å². The number of nitrogens with two attached hydrogens (primary N) is 1. The van der Waals surface area contributed by atoms with Gasteiger partial charge in [-0.05, 0) is 17.9 Å². The fourth-order valence-corrected chi connectivity index (χ4v) is 7.93. The van der Waals surface area contributed by atoms with Crippen LogP contribution in [0.25, 0.3) is 11.2 Å². The summed E-state index contributed by atoms with van der Waals surface area (Å²) in [5.74, 6) is -2.74. The molecule has 360 valence electrons. The van der Waals surface area contributed by atoms with Crippen LogP contribution >= 0.6 is 0 Å². The summed E-state index contributed by atoms with van der Waals surface area (Å²) in [6.45, 7) is 5.31. The molecule has 1 aliphatic rings. The van der Waals surface area contributed by atoms with Gasteiger partial charge in [0.05, 0.1) is 25.2 Å². The van der Waals surface area contributed by atoms with Gasteiger partial charge in [0, 0.05) is 25.7 Å². The molecular formula is C48H71FN6O10. The highest BCUT2D eigenvalue weighted by Gasteiger charge is 2.38. The SMILES string of the molecule is CCCCCCCCCCCCCCCCCC(=O)CC(CC(=O)[C@@H](NC(=O)OCc1ccccc1)C(C)C)OC(=O)CCC(=O)OC[C@H]1O[C@@H](n2cnc3c(=O)[nH]c(N)nc32)C[C@@H]1F. The van der Waals surface area contributed by atoms with Gasteiger partial charge >= 0.3 is 18.0 Å². The fourth-order valence-electron chi connectivity index (χ4n) is 7.93. The van der Waals surface area contributed by atoms with Crippen molar-refractivity contribution >= 4 is 46.7 Å². The Kier molecular flexibility index (Phi) is 23.1. The predicted molar refractivity (Wildman–Crippen MR) is 243 cm³/mol. The summed E-state index contributed by atoms with van der Waals surface area (Å²) < 4.78 is 38.4. The lowest BCUT2D eigenvalue weighted by atomic mass is 9.94. The quantitative estimate of drug-likeness (QED) is 0.0303. The van der Waals surface area contributed by atoms with E-state index < -0.39 is 79.5 Å². The third-order valence-electron chi connectivity index (χ3n) is 11.6. The highest BCUT2D eigenvalue weighted by atomic mass is 19.1. The molecule has 0 spiro atoms. The molecule has 1 aliphatic heterocycles. The molecule has 65 heavy (non-hydrogen) atoms. The number of hydrogen-bond donors (Lipinski definition) is 3. The van der Waals surface area contributed by atoms with Gasteiger partial charge in [0.25, 0.3) is 5.56 Å². The standard InChI is InChI=1S/C48H71FN6O10/c1-4-5-6-7-8-9-10-11-12-13-14-15-16-17-21-24-35(56)27-36(28-38(57)43(33(2)3)52-48(61)63-30-34-22-19-18-20-23-34)64-42(59)26-25-41(58)62-31-39-37(49)29-40(65-39)55-32-51-44-45(55)53-47(50)54-46(44)60/h18-20,22-23,32-33,36-37,39-40,43H,4-17,21,24-31H2,1-3H3,(H,52,61)(H3,50,53,54,60)/t36?,37-,39+,40+,43-/m0/s1. The monoisotopic (exact) mass is 911 g/mol. The summed E-state index contributed by atoms with van der Waals surface area (Å²) >= 11 is 0. The van der Waals surface area contributed by atoms with Crippen LogP contribution in [-0.4, -0.2) is 80.1 Å². The summed E-state index contributed by atoms with van der Waals surface area (Å²) in [7, 11) is 0. The highest BCUT2D eigenvalue weighted by molar-refractivity contribution is 5.89. The van der Waals surface area contributed by atoms with Crippen LogP contribution in [0.5, 0.6) is 0 Å². The zero-order valence-corrected chi connectivity index (χ0v) is 38.6. The highest BCUT2D eigenvalue weighted by Crippen LogP contribution is 2.32. The number of unbranched alkanes of at least 4 members (excludes halogenated alkanes) is 14. The van der Waals surface area contributed by atoms with Crippen LogP contribution in [0.4, 0.5) is 15.1 Å². The van der Waals surface area contributed by atoms with E-state index in [0.29, 0.717) is 6.42 Å². The van der Waals surface area contributed by atoms with Crippen molar-refractivity contribution < 1.29 is 47.3 Å². The first-order valence-electron chi connectivity index (χ1n) is 23.7. The molecule has 4 N–H and O–H groups in total. The minimum Gasteiger partial charge on any atom is -0.463 e. The normalized spacial score (nSPS) is 16.9. The van der Waals surface area contributed by atoms with Crippen LogP contribution in [0.2, 0.25) is 0 Å². The molecule has 3 aromatic rings. The van der Waals surface area contributed by atoms with E-state index in [1.54, 1.807) is 26.0 Å². The van der Waals surface area contributed by atoms with Crippen molar-refractivity contribution in [3.8, 4) is 0 Å². The number of aromatic amines is 1. The first kappa shape index (κ1) is 52.4. The number of nitrogens with zero attached hydrogens (tertiary/aromatic N) is 3. The average Bonchev–Trinajstić information content (AvgIpc) is 3.87. The number of ether oxygens (including phenoxy) is 4. The molecule has 5 atom stereocenters. The molecule has 2 aromatic heterocycles. The zero-order chi connectivity index (χ0) is 47.0. The Morgan fingerprint density at radius 2 is 1.48 bits per heavy atom. The molecule has 3 heterocycles. The van der Waals surface area contributed by atoms with Gasteiger partial charge in [0.15, 0.2) is 16.9 Å². The Morgan fingerprint density at radius 1 is 0.862 bits per heavy atom. The second kappa shape index (κ2) is 28.7. The Hall–Kier alpha value is -5.19. The van der Waals surface area contributed by atoms with Gasteiger partial charge in [-0.15, -0.1) is 0 Å². The lowest BCUT2D eigenvalue weighted by molar-refractivity contribution is -0.157. The van der Waals surface area contributed by atoms with Gasteiger partial charge in [-0.25, -0.2) is 14.2 Å². The molecule has 1 saturated heterocycles. The number of alkyl carbamates (subject to hydrolysis) is 1. The van der Waals surface area contributed by atoms with Gasteiger partial charge in [-0.1, -0.05) is 141 Å². The predicted octanol–water partition coefficient (Wildman–Crippen LogP) is 8.69. The maximum atomic E-state index is 15.0. The lowest BCUT2D eigenvalue weighted by Crippen LogP contribution is -2.46. The largest absolute Gasteiger partial charge is 0.463 e. The number of esters is 2. The van der Waals surface area contributed by atoms with Gasteiger partial charge in [0.2, 0.25) is 5.95 Å². The number of nitrogen functional groups attached to an aromatic ring is 1. The maximum absolute atomic E-state index is 15.0. The summed E-state index contributed by atoms with van der Waals surface area (Å²) in [6, 6.07) is 8.10. The number of benzene rings is 1. The minimum absolute atomic E-state index is 0.00453. The number of alkyl halides is 1. The van der Waals surface area contributed by atoms with Gasteiger partial charge in [-0.3, -0.25) is 33.5 Å². The smallest absolute Gasteiger partial charge is 0.408 e. The molecule has 1 fully saturated rings. The number of anilines is 1. The topological polar surface area (TPSA) is 224 Å². The Morgan fingerprint density at radius 3 is 2.11 bits per heavy atom. The first-order chi connectivity index (χ1) is 31.3. The number of Topliss-reactive ketones (excluding diaryl/α,β-unsaturated/α-hetero) is 2. The van der Waals surface area contributed by atoms with Crippen LogP contribution in [0.1, 0.15) is 167 Å². The number of carbonyl (C=O) groups excluding carboxylic acids is 5. The molecular weight excluding hydrogens is 840 g/mol. The molecule has 4 rings (SSSR count). The summed E-state index contributed by atoms with van der Waals surface area (Å²) in [4.78, 5) is 88.0. The van der Waals surface area contributed by atoms with E-state index in [4.69, 9.17) is 24.7 Å². The minimum atomic E-state index is -1.53. The lowest BCUT2D eigenvalue weighted by Gasteiger charge is -2.24. The Balaban J connectivity index is 1.22. The number of nitrogens with one attached hydrogen (secondary N) is 2. The number of rotatable bonds is 32. The van der Waals surface area contributed by atoms with Gasteiger partial charge in [0.1, 0.15) is 43.6 Å².